The number of hydrogen-bond donors (Lipinski definition) is 1. The van der Waals surface area contributed by atoms with E-state index in [4.69, 9.17) is 5.11 Å². The van der Waals surface area contributed by atoms with Gasteiger partial charge in [-0.15, -0.1) is 0 Å². The van der Waals surface area contributed by atoms with Gasteiger partial charge in [0.15, 0.2) is 0 Å². The Balaban J connectivity index is 1.98. The third-order valence-electron chi connectivity index (χ3n) is 3.78. The second-order valence-corrected chi connectivity index (χ2v) is 5.24. The summed E-state index contributed by atoms with van der Waals surface area (Å²) in [5, 5.41) is 8.96. The first-order valence-corrected chi connectivity index (χ1v) is 6.85. The predicted octanol–water partition coefficient (Wildman–Crippen LogP) is 3.78. The van der Waals surface area contributed by atoms with E-state index >= 15 is 0 Å². The average Bonchev–Trinajstić information content (AvgIpc) is 2.46. The summed E-state index contributed by atoms with van der Waals surface area (Å²) in [7, 11) is 0. The maximum Gasteiger partial charge on any atom is 0.335 e. The highest BCUT2D eigenvalue weighted by Crippen LogP contribution is 2.33. The summed E-state index contributed by atoms with van der Waals surface area (Å²) in [6.07, 6.45) is 2.23. The van der Waals surface area contributed by atoms with E-state index in [1.807, 2.05) is 12.1 Å². The molecule has 0 unspecified atom stereocenters. The molecular formula is C17H17NO2. The van der Waals surface area contributed by atoms with Crippen molar-refractivity contribution >= 4 is 17.3 Å². The Hall–Kier alpha value is -2.29. The SMILES string of the molecule is Cc1ccc2c(c1)CCCN2c1ccc(C(=O)O)cc1. The molecule has 1 aliphatic rings. The summed E-state index contributed by atoms with van der Waals surface area (Å²) in [6, 6.07) is 13.6. The fraction of sp³-hybridized carbons (Fsp3) is 0.235. The Morgan fingerprint density at radius 2 is 1.90 bits per heavy atom. The van der Waals surface area contributed by atoms with E-state index in [1.54, 1.807) is 12.1 Å². The minimum Gasteiger partial charge on any atom is -0.478 e. The van der Waals surface area contributed by atoms with Gasteiger partial charge >= 0.3 is 5.97 Å². The smallest absolute Gasteiger partial charge is 0.335 e. The van der Waals surface area contributed by atoms with Crippen molar-refractivity contribution in [3.05, 3.63) is 59.2 Å². The molecule has 3 heteroatoms. The van der Waals surface area contributed by atoms with Gasteiger partial charge in [0.2, 0.25) is 0 Å². The zero-order valence-electron chi connectivity index (χ0n) is 11.5. The van der Waals surface area contributed by atoms with Gasteiger partial charge in [-0.2, -0.15) is 0 Å². The molecule has 3 rings (SSSR count). The first kappa shape index (κ1) is 12.7. The molecule has 0 saturated carbocycles. The summed E-state index contributed by atoms with van der Waals surface area (Å²) >= 11 is 0. The molecule has 0 saturated heterocycles. The van der Waals surface area contributed by atoms with Crippen LogP contribution in [0.1, 0.15) is 27.9 Å². The average molecular weight is 267 g/mol. The van der Waals surface area contributed by atoms with Crippen molar-refractivity contribution in [2.45, 2.75) is 19.8 Å². The number of rotatable bonds is 2. The molecule has 0 aliphatic carbocycles. The van der Waals surface area contributed by atoms with Crippen molar-refractivity contribution < 1.29 is 9.90 Å². The highest BCUT2D eigenvalue weighted by Gasteiger charge is 2.18. The summed E-state index contributed by atoms with van der Waals surface area (Å²) in [6.45, 7) is 3.09. The molecule has 0 radical (unpaired) electrons. The Morgan fingerprint density at radius 3 is 2.60 bits per heavy atom. The second-order valence-electron chi connectivity index (χ2n) is 5.24. The van der Waals surface area contributed by atoms with E-state index < -0.39 is 5.97 Å². The van der Waals surface area contributed by atoms with Crippen molar-refractivity contribution in [3.8, 4) is 0 Å². The number of aryl methyl sites for hydroxylation is 2. The quantitative estimate of drug-likeness (QED) is 0.900. The minimum absolute atomic E-state index is 0.329. The summed E-state index contributed by atoms with van der Waals surface area (Å²) in [5.41, 5.74) is 5.28. The summed E-state index contributed by atoms with van der Waals surface area (Å²) in [4.78, 5) is 13.2. The molecule has 0 amide bonds. The van der Waals surface area contributed by atoms with Crippen LogP contribution in [0.3, 0.4) is 0 Å². The molecule has 0 spiro atoms. The van der Waals surface area contributed by atoms with Gasteiger partial charge in [-0.05, 0) is 55.7 Å². The van der Waals surface area contributed by atoms with Crippen molar-refractivity contribution in [1.29, 1.82) is 0 Å². The fourth-order valence-electron chi connectivity index (χ4n) is 2.78. The van der Waals surface area contributed by atoms with Crippen LogP contribution < -0.4 is 4.90 Å². The normalized spacial score (nSPS) is 13.9. The number of carbonyl (C=O) groups is 1. The van der Waals surface area contributed by atoms with Crippen LogP contribution in [0.5, 0.6) is 0 Å². The summed E-state index contributed by atoms with van der Waals surface area (Å²) in [5.74, 6) is -0.883. The lowest BCUT2D eigenvalue weighted by molar-refractivity contribution is 0.0697. The summed E-state index contributed by atoms with van der Waals surface area (Å²) < 4.78 is 0. The maximum atomic E-state index is 10.9. The molecule has 2 aromatic carbocycles. The van der Waals surface area contributed by atoms with E-state index in [1.165, 1.54) is 16.8 Å². The first-order chi connectivity index (χ1) is 9.65. The number of hydrogen-bond acceptors (Lipinski definition) is 2. The van der Waals surface area contributed by atoms with Gasteiger partial charge in [0.1, 0.15) is 0 Å². The van der Waals surface area contributed by atoms with Crippen LogP contribution in [0.2, 0.25) is 0 Å². The van der Waals surface area contributed by atoms with Crippen LogP contribution >= 0.6 is 0 Å². The number of benzene rings is 2. The third-order valence-corrected chi connectivity index (χ3v) is 3.78. The molecule has 0 fully saturated rings. The third kappa shape index (κ3) is 2.27. The molecule has 1 N–H and O–H groups in total. The van der Waals surface area contributed by atoms with Gasteiger partial charge in [0, 0.05) is 17.9 Å². The molecule has 102 valence electrons. The van der Waals surface area contributed by atoms with Gasteiger partial charge in [-0.1, -0.05) is 17.7 Å². The number of carboxylic acid groups (broad SMARTS) is 1. The fourth-order valence-corrected chi connectivity index (χ4v) is 2.78. The van der Waals surface area contributed by atoms with Crippen molar-refractivity contribution in [3.63, 3.8) is 0 Å². The highest BCUT2D eigenvalue weighted by atomic mass is 16.4. The van der Waals surface area contributed by atoms with Gasteiger partial charge in [-0.25, -0.2) is 4.79 Å². The van der Waals surface area contributed by atoms with Crippen molar-refractivity contribution in [2.75, 3.05) is 11.4 Å². The van der Waals surface area contributed by atoms with Gasteiger partial charge in [0.05, 0.1) is 5.56 Å². The minimum atomic E-state index is -0.883. The van der Waals surface area contributed by atoms with Crippen LogP contribution in [-0.2, 0) is 6.42 Å². The van der Waals surface area contributed by atoms with Crippen LogP contribution in [0.25, 0.3) is 0 Å². The lowest BCUT2D eigenvalue weighted by Gasteiger charge is -2.31. The van der Waals surface area contributed by atoms with Crippen LogP contribution in [0, 0.1) is 6.92 Å². The molecule has 0 atom stereocenters. The number of fused-ring (bicyclic) bond motifs is 1. The number of nitrogens with zero attached hydrogens (tertiary/aromatic N) is 1. The van der Waals surface area contributed by atoms with E-state index in [9.17, 15) is 4.79 Å². The predicted molar refractivity (Wildman–Crippen MR) is 79.9 cm³/mol. The van der Waals surface area contributed by atoms with Crippen LogP contribution in [0.4, 0.5) is 11.4 Å². The number of carboxylic acids is 1. The van der Waals surface area contributed by atoms with E-state index in [-0.39, 0.29) is 0 Å². The largest absolute Gasteiger partial charge is 0.478 e. The number of anilines is 2. The Morgan fingerprint density at radius 1 is 1.15 bits per heavy atom. The van der Waals surface area contributed by atoms with E-state index in [2.05, 4.69) is 30.0 Å². The van der Waals surface area contributed by atoms with Crippen molar-refractivity contribution in [1.82, 2.24) is 0 Å². The van der Waals surface area contributed by atoms with Crippen LogP contribution in [-0.4, -0.2) is 17.6 Å². The monoisotopic (exact) mass is 267 g/mol. The molecule has 3 nitrogen and oxygen atoms in total. The van der Waals surface area contributed by atoms with E-state index in [0.29, 0.717) is 5.56 Å². The lowest BCUT2D eigenvalue weighted by Crippen LogP contribution is -2.24. The molecule has 20 heavy (non-hydrogen) atoms. The molecular weight excluding hydrogens is 250 g/mol. The standard InChI is InChI=1S/C17H17NO2/c1-12-4-9-16-14(11-12)3-2-10-18(16)15-7-5-13(6-8-15)17(19)20/h4-9,11H,2-3,10H2,1H3,(H,19,20). The molecule has 0 aromatic heterocycles. The Bertz CT molecular complexity index is 647. The topological polar surface area (TPSA) is 40.5 Å². The lowest BCUT2D eigenvalue weighted by atomic mass is 9.99. The van der Waals surface area contributed by atoms with Gasteiger partial charge < -0.3 is 10.0 Å². The zero-order valence-corrected chi connectivity index (χ0v) is 11.5. The zero-order chi connectivity index (χ0) is 14.1. The van der Waals surface area contributed by atoms with Gasteiger partial charge in [-0.3, -0.25) is 0 Å². The van der Waals surface area contributed by atoms with E-state index in [0.717, 1.165) is 25.1 Å². The maximum absolute atomic E-state index is 10.9. The molecule has 1 heterocycles. The highest BCUT2D eigenvalue weighted by molar-refractivity contribution is 5.88. The molecule has 0 bridgehead atoms. The van der Waals surface area contributed by atoms with Gasteiger partial charge in [0.25, 0.3) is 0 Å². The first-order valence-electron chi connectivity index (χ1n) is 6.85. The second kappa shape index (κ2) is 5.00. The Labute approximate surface area is 118 Å². The van der Waals surface area contributed by atoms with Crippen molar-refractivity contribution in [2.24, 2.45) is 0 Å². The number of aromatic carboxylic acids is 1. The molecule has 1 aliphatic heterocycles. The molecule has 2 aromatic rings. The Kier molecular flexibility index (Phi) is 3.18. The van der Waals surface area contributed by atoms with Crippen LogP contribution in [0.15, 0.2) is 42.5 Å².